The fourth-order valence-electron chi connectivity index (χ4n) is 1.72. The number of benzene rings is 1. The summed E-state index contributed by atoms with van der Waals surface area (Å²) < 4.78 is 0.0846. The Morgan fingerprint density at radius 3 is 2.57 bits per heavy atom. The van der Waals surface area contributed by atoms with E-state index in [2.05, 4.69) is 0 Å². The van der Waals surface area contributed by atoms with Crippen molar-refractivity contribution in [1.82, 2.24) is 4.90 Å². The van der Waals surface area contributed by atoms with Gasteiger partial charge in [-0.05, 0) is 11.6 Å². The molecule has 1 aromatic carbocycles. The number of carboxylic acids is 2. The predicted molar refractivity (Wildman–Crippen MR) is 75.7 cm³/mol. The lowest BCUT2D eigenvalue weighted by Crippen LogP contribution is -2.40. The van der Waals surface area contributed by atoms with Gasteiger partial charge in [-0.3, -0.25) is 9.69 Å². The molecule has 1 saturated heterocycles. The minimum absolute atomic E-state index is 0.0670. The maximum atomic E-state index is 12.0. The number of rotatable bonds is 4. The van der Waals surface area contributed by atoms with Crippen LogP contribution in [-0.4, -0.2) is 33.6 Å². The Balaban J connectivity index is 2.35. The van der Waals surface area contributed by atoms with Gasteiger partial charge in [0.05, 0.1) is 23.4 Å². The highest BCUT2D eigenvalue weighted by atomic mass is 32.2. The van der Waals surface area contributed by atoms with Gasteiger partial charge < -0.3 is 19.8 Å². The summed E-state index contributed by atoms with van der Waals surface area (Å²) >= 11 is 5.82. The van der Waals surface area contributed by atoms with Gasteiger partial charge in [0, 0.05) is 5.56 Å². The van der Waals surface area contributed by atoms with E-state index in [1.54, 1.807) is 6.07 Å². The molecule has 0 spiro atoms. The van der Waals surface area contributed by atoms with Crippen molar-refractivity contribution in [2.75, 3.05) is 6.54 Å². The monoisotopic (exact) mass is 321 g/mol. The third-order valence-corrected chi connectivity index (χ3v) is 4.01. The van der Waals surface area contributed by atoms with Gasteiger partial charge in [-0.15, -0.1) is 0 Å². The van der Waals surface area contributed by atoms with Crippen molar-refractivity contribution >= 4 is 52.2 Å². The van der Waals surface area contributed by atoms with Crippen LogP contribution in [0, 0.1) is 0 Å². The fraction of sp³-hybridized carbons (Fsp3) is 0.0769. The summed E-state index contributed by atoms with van der Waals surface area (Å²) in [7, 11) is 0. The first-order valence-corrected chi connectivity index (χ1v) is 6.88. The molecule has 0 radical (unpaired) electrons. The Labute approximate surface area is 129 Å². The molecule has 0 atom stereocenters. The van der Waals surface area contributed by atoms with Gasteiger partial charge in [0.25, 0.3) is 5.91 Å². The van der Waals surface area contributed by atoms with Gasteiger partial charge in [0.15, 0.2) is 0 Å². The smallest absolute Gasteiger partial charge is 0.266 e. The number of carbonyl (C=O) groups is 3. The number of hydrogen-bond donors (Lipinski definition) is 0. The van der Waals surface area contributed by atoms with Crippen LogP contribution in [0.3, 0.4) is 0 Å². The molecule has 0 saturated carbocycles. The molecule has 108 valence electrons. The van der Waals surface area contributed by atoms with Gasteiger partial charge >= 0.3 is 0 Å². The summed E-state index contributed by atoms with van der Waals surface area (Å²) in [6, 6.07) is 6.00. The zero-order valence-corrected chi connectivity index (χ0v) is 12.0. The lowest BCUT2D eigenvalue weighted by atomic mass is 10.1. The minimum Gasteiger partial charge on any atom is -0.548 e. The Morgan fingerprint density at radius 2 is 1.95 bits per heavy atom. The van der Waals surface area contributed by atoms with Crippen LogP contribution in [-0.2, 0) is 9.59 Å². The minimum atomic E-state index is -1.43. The Kier molecular flexibility index (Phi) is 4.39. The molecule has 0 aromatic heterocycles. The lowest BCUT2D eigenvalue weighted by Gasteiger charge is -2.14. The number of aromatic carboxylic acids is 1. The van der Waals surface area contributed by atoms with Gasteiger partial charge in [0.2, 0.25) is 0 Å². The van der Waals surface area contributed by atoms with Gasteiger partial charge in [-0.1, -0.05) is 48.2 Å². The van der Waals surface area contributed by atoms with Crippen LogP contribution < -0.4 is 10.2 Å². The molecule has 1 amide bonds. The molecule has 1 aromatic rings. The number of hydrogen-bond acceptors (Lipinski definition) is 7. The fourth-order valence-corrected chi connectivity index (χ4v) is 2.96. The number of aliphatic carboxylic acids is 1. The second-order valence-electron chi connectivity index (χ2n) is 4.01. The quantitative estimate of drug-likeness (QED) is 0.518. The van der Waals surface area contributed by atoms with Crippen molar-refractivity contribution in [3.8, 4) is 0 Å². The first-order chi connectivity index (χ1) is 9.90. The van der Waals surface area contributed by atoms with Crippen molar-refractivity contribution in [2.24, 2.45) is 0 Å². The standard InChI is InChI=1S/C13H9NO5S2/c15-10(16)6-14-11(17)9(21-13(14)20)5-7-3-1-2-4-8(7)12(18)19/h1-5H,6H2,(H,15,16)(H,18,19)/p-2/b9-5+. The van der Waals surface area contributed by atoms with Crippen LogP contribution in [0.25, 0.3) is 6.08 Å². The molecule has 6 nitrogen and oxygen atoms in total. The topological polar surface area (TPSA) is 101 Å². The molecular weight excluding hydrogens is 314 g/mol. The molecule has 1 fully saturated rings. The van der Waals surface area contributed by atoms with E-state index in [1.165, 1.54) is 24.3 Å². The van der Waals surface area contributed by atoms with Crippen molar-refractivity contribution in [1.29, 1.82) is 0 Å². The third-order valence-electron chi connectivity index (χ3n) is 2.63. The average Bonchev–Trinajstić information content (AvgIpc) is 2.66. The zero-order valence-electron chi connectivity index (χ0n) is 10.4. The normalized spacial score (nSPS) is 16.6. The van der Waals surface area contributed by atoms with E-state index in [9.17, 15) is 24.6 Å². The van der Waals surface area contributed by atoms with Crippen LogP contribution in [0.15, 0.2) is 29.2 Å². The molecule has 1 aliphatic rings. The molecule has 21 heavy (non-hydrogen) atoms. The Hall–Kier alpha value is -2.19. The number of thioether (sulfide) groups is 1. The number of thiocarbonyl (C=S) groups is 1. The Morgan fingerprint density at radius 1 is 1.29 bits per heavy atom. The summed E-state index contributed by atoms with van der Waals surface area (Å²) in [4.78, 5) is 34.6. The van der Waals surface area contributed by atoms with Gasteiger partial charge in [0.1, 0.15) is 4.32 Å². The summed E-state index contributed by atoms with van der Waals surface area (Å²) in [6.45, 7) is -0.635. The number of nitrogens with zero attached hydrogens (tertiary/aromatic N) is 1. The maximum Gasteiger partial charge on any atom is 0.266 e. The first-order valence-electron chi connectivity index (χ1n) is 5.65. The zero-order chi connectivity index (χ0) is 15.6. The highest BCUT2D eigenvalue weighted by Gasteiger charge is 2.32. The summed E-state index contributed by atoms with van der Waals surface area (Å²) in [5.74, 6) is -3.39. The van der Waals surface area contributed by atoms with Crippen LogP contribution in [0.2, 0.25) is 0 Å². The van der Waals surface area contributed by atoms with Crippen molar-refractivity contribution in [3.63, 3.8) is 0 Å². The number of carboxylic acid groups (broad SMARTS) is 2. The summed E-state index contributed by atoms with van der Waals surface area (Å²) in [6.07, 6.45) is 1.35. The molecule has 8 heteroatoms. The predicted octanol–water partition coefficient (Wildman–Crippen LogP) is -0.999. The van der Waals surface area contributed by atoms with Gasteiger partial charge in [-0.2, -0.15) is 0 Å². The molecule has 0 aliphatic carbocycles. The van der Waals surface area contributed by atoms with E-state index < -0.39 is 24.4 Å². The third kappa shape index (κ3) is 3.29. The van der Waals surface area contributed by atoms with Crippen LogP contribution >= 0.6 is 24.0 Å². The van der Waals surface area contributed by atoms with Crippen molar-refractivity contribution < 1.29 is 24.6 Å². The highest BCUT2D eigenvalue weighted by molar-refractivity contribution is 8.26. The van der Waals surface area contributed by atoms with Crippen molar-refractivity contribution in [2.45, 2.75) is 0 Å². The van der Waals surface area contributed by atoms with E-state index in [0.717, 1.165) is 16.7 Å². The van der Waals surface area contributed by atoms with Crippen LogP contribution in [0.1, 0.15) is 15.9 Å². The average molecular weight is 321 g/mol. The molecule has 1 heterocycles. The van der Waals surface area contributed by atoms with E-state index >= 15 is 0 Å². The van der Waals surface area contributed by atoms with Crippen LogP contribution in [0.4, 0.5) is 0 Å². The second kappa shape index (κ2) is 6.06. The van der Waals surface area contributed by atoms with Crippen molar-refractivity contribution in [3.05, 3.63) is 40.3 Å². The molecule has 0 bridgehead atoms. The van der Waals surface area contributed by atoms with Gasteiger partial charge in [-0.25, -0.2) is 0 Å². The summed E-state index contributed by atoms with van der Waals surface area (Å²) in [5, 5.41) is 21.6. The number of amides is 1. The molecule has 1 aliphatic heterocycles. The number of carbonyl (C=O) groups excluding carboxylic acids is 3. The maximum absolute atomic E-state index is 12.0. The first kappa shape index (κ1) is 15.2. The van der Waals surface area contributed by atoms with Crippen LogP contribution in [0.5, 0.6) is 0 Å². The molecule has 2 rings (SSSR count). The van der Waals surface area contributed by atoms with E-state index in [-0.39, 0.29) is 20.4 Å². The SMILES string of the molecule is O=C([O-])CN1C(=O)/C(=C\c2ccccc2C(=O)[O-])SC1=S. The summed E-state index contributed by atoms with van der Waals surface area (Å²) in [5.41, 5.74) is 0.217. The molecule has 0 unspecified atom stereocenters. The highest BCUT2D eigenvalue weighted by Crippen LogP contribution is 2.32. The lowest BCUT2D eigenvalue weighted by molar-refractivity contribution is -0.305. The van der Waals surface area contributed by atoms with E-state index in [0.29, 0.717) is 0 Å². The van der Waals surface area contributed by atoms with E-state index in [4.69, 9.17) is 12.2 Å². The van der Waals surface area contributed by atoms with E-state index in [1.807, 2.05) is 0 Å². The molecule has 0 N–H and O–H groups in total. The second-order valence-corrected chi connectivity index (χ2v) is 5.69. The largest absolute Gasteiger partial charge is 0.548 e. The molecular formula is C13H7NO5S2-2. The Bertz CT molecular complexity index is 683.